The van der Waals surface area contributed by atoms with Crippen LogP contribution in [-0.4, -0.2) is 17.8 Å². The lowest BCUT2D eigenvalue weighted by atomic mass is 9.90. The van der Waals surface area contributed by atoms with Crippen molar-refractivity contribution in [3.63, 3.8) is 0 Å². The molecule has 0 aromatic carbocycles. The molecule has 0 saturated heterocycles. The fourth-order valence-corrected chi connectivity index (χ4v) is 2.51. The summed E-state index contributed by atoms with van der Waals surface area (Å²) in [5.74, 6) is 1.10. The molecule has 3 heteroatoms. The van der Waals surface area contributed by atoms with E-state index in [0.717, 1.165) is 0 Å². The van der Waals surface area contributed by atoms with Gasteiger partial charge in [0.05, 0.1) is 5.41 Å². The Hall–Kier alpha value is -0.240. The third-order valence-electron chi connectivity index (χ3n) is 3.91. The smallest absolute Gasteiger partial charge is 0.227 e. The number of rotatable bonds is 4. The van der Waals surface area contributed by atoms with Gasteiger partial charge in [-0.1, -0.05) is 25.7 Å². The summed E-state index contributed by atoms with van der Waals surface area (Å²) < 4.78 is 0. The zero-order chi connectivity index (χ0) is 12.9. The summed E-state index contributed by atoms with van der Waals surface area (Å²) in [5, 5.41) is 3.15. The van der Waals surface area contributed by atoms with Gasteiger partial charge < -0.3 is 5.32 Å². The van der Waals surface area contributed by atoms with Crippen LogP contribution in [-0.2, 0) is 4.79 Å². The van der Waals surface area contributed by atoms with Crippen LogP contribution in [0.5, 0.6) is 0 Å². The van der Waals surface area contributed by atoms with E-state index in [0.29, 0.717) is 11.8 Å². The van der Waals surface area contributed by atoms with E-state index in [-0.39, 0.29) is 11.9 Å². The van der Waals surface area contributed by atoms with Gasteiger partial charge in [0.25, 0.3) is 0 Å². The molecule has 0 aliphatic heterocycles. The molecule has 1 amide bonds. The van der Waals surface area contributed by atoms with Crippen LogP contribution in [0.1, 0.15) is 59.3 Å². The zero-order valence-electron chi connectivity index (χ0n) is 11.4. The molecule has 0 heterocycles. The predicted molar refractivity (Wildman–Crippen MR) is 73.3 cm³/mol. The second-order valence-electron chi connectivity index (χ2n) is 6.03. The van der Waals surface area contributed by atoms with E-state index in [1.165, 1.54) is 38.5 Å². The van der Waals surface area contributed by atoms with Crippen molar-refractivity contribution in [3.8, 4) is 0 Å². The first-order valence-electron chi connectivity index (χ1n) is 6.84. The van der Waals surface area contributed by atoms with Crippen LogP contribution in [0, 0.1) is 11.3 Å². The highest BCUT2D eigenvalue weighted by Crippen LogP contribution is 2.26. The van der Waals surface area contributed by atoms with Crippen molar-refractivity contribution in [2.75, 3.05) is 5.88 Å². The molecule has 1 aliphatic rings. The Labute approximate surface area is 110 Å². The monoisotopic (exact) mass is 259 g/mol. The summed E-state index contributed by atoms with van der Waals surface area (Å²) in [5.41, 5.74) is -0.458. The van der Waals surface area contributed by atoms with E-state index in [9.17, 15) is 4.79 Å². The maximum Gasteiger partial charge on any atom is 0.227 e. The minimum absolute atomic E-state index is 0.0873. The summed E-state index contributed by atoms with van der Waals surface area (Å²) in [4.78, 5) is 12.0. The zero-order valence-corrected chi connectivity index (χ0v) is 12.1. The third kappa shape index (κ3) is 4.50. The van der Waals surface area contributed by atoms with Gasteiger partial charge in [-0.2, -0.15) is 0 Å². The van der Waals surface area contributed by atoms with E-state index in [2.05, 4.69) is 12.2 Å². The average Bonchev–Trinajstić information content (AvgIpc) is 2.57. The SMILES string of the molecule is C[C@@H](NC(=O)C(C)(C)CCl)C1CCCCCC1. The normalized spacial score (nSPS) is 20.7. The van der Waals surface area contributed by atoms with Crippen molar-refractivity contribution in [2.24, 2.45) is 11.3 Å². The largest absolute Gasteiger partial charge is 0.353 e. The number of carbonyl (C=O) groups is 1. The fourth-order valence-electron chi connectivity index (χ4n) is 2.39. The van der Waals surface area contributed by atoms with Crippen molar-refractivity contribution in [2.45, 2.75) is 65.3 Å². The predicted octanol–water partition coefficient (Wildman–Crippen LogP) is 3.73. The van der Waals surface area contributed by atoms with Crippen LogP contribution in [0.2, 0.25) is 0 Å². The lowest BCUT2D eigenvalue weighted by Crippen LogP contribution is -2.45. The molecule has 2 nitrogen and oxygen atoms in total. The van der Waals surface area contributed by atoms with Crippen LogP contribution in [0.15, 0.2) is 0 Å². The van der Waals surface area contributed by atoms with Crippen LogP contribution in [0.4, 0.5) is 0 Å². The lowest BCUT2D eigenvalue weighted by Gasteiger charge is -2.28. The molecule has 1 fully saturated rings. The fraction of sp³-hybridized carbons (Fsp3) is 0.929. The maximum absolute atomic E-state index is 12.0. The number of hydrogen-bond donors (Lipinski definition) is 1. The van der Waals surface area contributed by atoms with Crippen molar-refractivity contribution in [1.29, 1.82) is 0 Å². The van der Waals surface area contributed by atoms with Gasteiger partial charge in [-0.15, -0.1) is 11.6 Å². The summed E-state index contributed by atoms with van der Waals surface area (Å²) >= 11 is 5.82. The van der Waals surface area contributed by atoms with E-state index in [4.69, 9.17) is 11.6 Å². The Morgan fingerprint density at radius 2 is 1.82 bits per heavy atom. The van der Waals surface area contributed by atoms with Crippen LogP contribution in [0.3, 0.4) is 0 Å². The maximum atomic E-state index is 12.0. The molecule has 0 radical (unpaired) electrons. The van der Waals surface area contributed by atoms with Crippen molar-refractivity contribution >= 4 is 17.5 Å². The molecule has 1 atom stereocenters. The Kier molecular flexibility index (Phi) is 5.78. The Bertz CT molecular complexity index is 245. The van der Waals surface area contributed by atoms with Gasteiger partial charge in [0.1, 0.15) is 0 Å². The van der Waals surface area contributed by atoms with Crippen molar-refractivity contribution in [1.82, 2.24) is 5.32 Å². The molecule has 0 unspecified atom stereocenters. The summed E-state index contributed by atoms with van der Waals surface area (Å²) in [6.45, 7) is 5.93. The first-order chi connectivity index (χ1) is 7.97. The van der Waals surface area contributed by atoms with E-state index in [1.54, 1.807) is 0 Å². The molecule has 0 aromatic rings. The second kappa shape index (κ2) is 6.63. The van der Waals surface area contributed by atoms with Gasteiger partial charge in [-0.25, -0.2) is 0 Å². The van der Waals surface area contributed by atoms with Gasteiger partial charge in [-0.3, -0.25) is 4.79 Å². The molecular weight excluding hydrogens is 234 g/mol. The number of hydrogen-bond acceptors (Lipinski definition) is 1. The summed E-state index contributed by atoms with van der Waals surface area (Å²) in [6, 6.07) is 0.281. The molecule has 0 aromatic heterocycles. The molecule has 0 bridgehead atoms. The highest BCUT2D eigenvalue weighted by Gasteiger charge is 2.29. The number of alkyl halides is 1. The first kappa shape index (κ1) is 14.8. The lowest BCUT2D eigenvalue weighted by molar-refractivity contribution is -0.129. The molecule has 1 aliphatic carbocycles. The Balaban J connectivity index is 2.47. The van der Waals surface area contributed by atoms with Crippen LogP contribution >= 0.6 is 11.6 Å². The van der Waals surface area contributed by atoms with Crippen LogP contribution < -0.4 is 5.32 Å². The Morgan fingerprint density at radius 1 is 1.29 bits per heavy atom. The minimum Gasteiger partial charge on any atom is -0.353 e. The number of amides is 1. The minimum atomic E-state index is -0.458. The molecule has 1 N–H and O–H groups in total. The van der Waals surface area contributed by atoms with Gasteiger partial charge in [0.15, 0.2) is 0 Å². The van der Waals surface area contributed by atoms with E-state index >= 15 is 0 Å². The molecule has 0 spiro atoms. The third-order valence-corrected chi connectivity index (χ3v) is 4.58. The summed E-state index contributed by atoms with van der Waals surface area (Å²) in [6.07, 6.45) is 7.83. The van der Waals surface area contributed by atoms with Gasteiger partial charge in [0, 0.05) is 11.9 Å². The van der Waals surface area contributed by atoms with E-state index < -0.39 is 5.41 Å². The molecule has 17 heavy (non-hydrogen) atoms. The molecule has 100 valence electrons. The highest BCUT2D eigenvalue weighted by atomic mass is 35.5. The Morgan fingerprint density at radius 3 is 2.29 bits per heavy atom. The topological polar surface area (TPSA) is 29.1 Å². The van der Waals surface area contributed by atoms with Gasteiger partial charge in [-0.05, 0) is 39.5 Å². The average molecular weight is 260 g/mol. The van der Waals surface area contributed by atoms with Crippen LogP contribution in [0.25, 0.3) is 0 Å². The van der Waals surface area contributed by atoms with E-state index in [1.807, 2.05) is 13.8 Å². The number of halogens is 1. The number of carbonyl (C=O) groups excluding carboxylic acids is 1. The summed E-state index contributed by atoms with van der Waals surface area (Å²) in [7, 11) is 0. The quantitative estimate of drug-likeness (QED) is 0.605. The number of nitrogens with one attached hydrogen (secondary N) is 1. The van der Waals surface area contributed by atoms with Crippen molar-refractivity contribution < 1.29 is 4.79 Å². The highest BCUT2D eigenvalue weighted by molar-refractivity contribution is 6.19. The molecular formula is C14H26ClNO. The molecule has 1 rings (SSSR count). The van der Waals surface area contributed by atoms with Crippen molar-refractivity contribution in [3.05, 3.63) is 0 Å². The second-order valence-corrected chi connectivity index (χ2v) is 6.30. The van der Waals surface area contributed by atoms with Gasteiger partial charge >= 0.3 is 0 Å². The first-order valence-corrected chi connectivity index (χ1v) is 7.38. The standard InChI is InChI=1S/C14H26ClNO/c1-11(12-8-6-4-5-7-9-12)16-13(17)14(2,3)10-15/h11-12H,4-10H2,1-3H3,(H,16,17)/t11-/m1/s1. The van der Waals surface area contributed by atoms with Gasteiger partial charge in [0.2, 0.25) is 5.91 Å². The molecule has 1 saturated carbocycles.